The lowest BCUT2D eigenvalue weighted by molar-refractivity contribution is 0.306. The third kappa shape index (κ3) is 1.42. The molecular weight excluding hydrogens is 206 g/mol. The van der Waals surface area contributed by atoms with Gasteiger partial charge in [-0.05, 0) is 19.9 Å². The molecule has 16 heavy (non-hydrogen) atoms. The molecule has 2 aromatic rings. The molecule has 1 saturated heterocycles. The van der Waals surface area contributed by atoms with E-state index in [1.807, 2.05) is 0 Å². The molecule has 1 fully saturated rings. The van der Waals surface area contributed by atoms with Crippen LogP contribution in [0, 0.1) is 0 Å². The van der Waals surface area contributed by atoms with Crippen molar-refractivity contribution < 1.29 is 4.52 Å². The maximum Gasteiger partial charge on any atom is 0.238 e. The molecule has 2 aromatic heterocycles. The molecule has 6 heteroatoms. The lowest BCUT2D eigenvalue weighted by Gasteiger charge is -2.15. The summed E-state index contributed by atoms with van der Waals surface area (Å²) in [5, 5.41) is 7.24. The summed E-state index contributed by atoms with van der Waals surface area (Å²) in [4.78, 5) is 11.4. The minimum absolute atomic E-state index is 0.0438. The molecule has 84 valence electrons. The predicted octanol–water partition coefficient (Wildman–Crippen LogP) is 0.711. The first-order valence-corrected chi connectivity index (χ1v) is 5.33. The van der Waals surface area contributed by atoms with E-state index in [1.165, 1.54) is 0 Å². The minimum Gasteiger partial charge on any atom is -0.342 e. The van der Waals surface area contributed by atoms with Crippen LogP contribution < -0.4 is 5.32 Å². The number of H-pyrrole nitrogens is 1. The van der Waals surface area contributed by atoms with Crippen LogP contribution in [0.5, 0.6) is 0 Å². The van der Waals surface area contributed by atoms with Gasteiger partial charge in [-0.1, -0.05) is 5.16 Å². The van der Waals surface area contributed by atoms with Gasteiger partial charge >= 0.3 is 0 Å². The third-order valence-electron chi connectivity index (χ3n) is 3.02. The highest BCUT2D eigenvalue weighted by atomic mass is 16.5. The van der Waals surface area contributed by atoms with Gasteiger partial charge in [0.2, 0.25) is 11.7 Å². The van der Waals surface area contributed by atoms with Crippen molar-refractivity contribution in [1.29, 1.82) is 0 Å². The summed E-state index contributed by atoms with van der Waals surface area (Å²) in [5.41, 5.74) is -0.0438. The van der Waals surface area contributed by atoms with E-state index in [4.69, 9.17) is 4.52 Å². The molecule has 0 saturated carbocycles. The standard InChI is InChI=1S/C10H13N5O/c1-10(2-3-11-6-10)9-14-8(15-16-9)7-12-4-5-13-7/h4-5,11H,2-3,6H2,1H3,(H,12,13). The van der Waals surface area contributed by atoms with Crippen LogP contribution in [0.1, 0.15) is 19.2 Å². The summed E-state index contributed by atoms with van der Waals surface area (Å²) < 4.78 is 5.31. The van der Waals surface area contributed by atoms with Gasteiger partial charge in [0.25, 0.3) is 0 Å². The van der Waals surface area contributed by atoms with Crippen molar-refractivity contribution in [3.8, 4) is 11.6 Å². The largest absolute Gasteiger partial charge is 0.342 e. The van der Waals surface area contributed by atoms with E-state index in [0.29, 0.717) is 17.5 Å². The van der Waals surface area contributed by atoms with E-state index >= 15 is 0 Å². The van der Waals surface area contributed by atoms with Crippen LogP contribution in [0.2, 0.25) is 0 Å². The SMILES string of the molecule is CC1(c2nc(-c3ncc[nH]3)no2)CCNC1. The highest BCUT2D eigenvalue weighted by molar-refractivity contribution is 5.41. The third-order valence-corrected chi connectivity index (χ3v) is 3.02. The molecule has 0 aliphatic carbocycles. The number of nitrogens with zero attached hydrogens (tertiary/aromatic N) is 3. The molecule has 0 bridgehead atoms. The van der Waals surface area contributed by atoms with E-state index in [-0.39, 0.29) is 5.41 Å². The van der Waals surface area contributed by atoms with Crippen LogP contribution in [0.4, 0.5) is 0 Å². The van der Waals surface area contributed by atoms with E-state index < -0.39 is 0 Å². The zero-order valence-corrected chi connectivity index (χ0v) is 9.03. The number of hydrogen-bond acceptors (Lipinski definition) is 5. The smallest absolute Gasteiger partial charge is 0.238 e. The summed E-state index contributed by atoms with van der Waals surface area (Å²) in [6.07, 6.45) is 4.43. The average molecular weight is 219 g/mol. The normalized spacial score (nSPS) is 25.1. The Labute approximate surface area is 92.5 Å². The zero-order valence-electron chi connectivity index (χ0n) is 9.03. The Bertz CT molecular complexity index is 469. The van der Waals surface area contributed by atoms with Gasteiger partial charge in [-0.3, -0.25) is 0 Å². The van der Waals surface area contributed by atoms with Gasteiger partial charge in [-0.25, -0.2) is 4.98 Å². The van der Waals surface area contributed by atoms with Crippen molar-refractivity contribution in [2.75, 3.05) is 13.1 Å². The number of aromatic amines is 1. The molecule has 1 aliphatic rings. The van der Waals surface area contributed by atoms with Crippen molar-refractivity contribution in [3.05, 3.63) is 18.3 Å². The molecule has 0 amide bonds. The molecule has 3 rings (SSSR count). The summed E-state index contributed by atoms with van der Waals surface area (Å²) in [6, 6.07) is 0. The summed E-state index contributed by atoms with van der Waals surface area (Å²) in [5.74, 6) is 1.85. The average Bonchev–Trinajstić information content (AvgIpc) is 2.98. The van der Waals surface area contributed by atoms with Gasteiger partial charge in [0.15, 0.2) is 5.82 Å². The second-order valence-corrected chi connectivity index (χ2v) is 4.35. The lowest BCUT2D eigenvalue weighted by Crippen LogP contribution is -2.25. The zero-order chi connectivity index (χ0) is 11.0. The number of rotatable bonds is 2. The Morgan fingerprint density at radius 3 is 3.12 bits per heavy atom. The molecule has 0 aromatic carbocycles. The van der Waals surface area contributed by atoms with Gasteiger partial charge in [-0.15, -0.1) is 0 Å². The van der Waals surface area contributed by atoms with Crippen molar-refractivity contribution >= 4 is 0 Å². The Morgan fingerprint density at radius 2 is 2.44 bits per heavy atom. The van der Waals surface area contributed by atoms with Crippen LogP contribution in [0.25, 0.3) is 11.6 Å². The highest BCUT2D eigenvalue weighted by Gasteiger charge is 2.36. The van der Waals surface area contributed by atoms with Gasteiger partial charge < -0.3 is 14.8 Å². The maximum absolute atomic E-state index is 5.31. The number of hydrogen-bond donors (Lipinski definition) is 2. The topological polar surface area (TPSA) is 79.6 Å². The Kier molecular flexibility index (Phi) is 2.03. The van der Waals surface area contributed by atoms with Gasteiger partial charge in [0.1, 0.15) is 0 Å². The second-order valence-electron chi connectivity index (χ2n) is 4.35. The van der Waals surface area contributed by atoms with Crippen LogP contribution in [0.3, 0.4) is 0 Å². The Morgan fingerprint density at radius 1 is 1.50 bits per heavy atom. The van der Waals surface area contributed by atoms with Gasteiger partial charge in [0, 0.05) is 18.9 Å². The first-order chi connectivity index (χ1) is 7.78. The fourth-order valence-electron chi connectivity index (χ4n) is 1.95. The second kappa shape index (κ2) is 3.41. The van der Waals surface area contributed by atoms with Crippen molar-refractivity contribution in [2.24, 2.45) is 0 Å². The Balaban J connectivity index is 1.93. The number of aromatic nitrogens is 4. The van der Waals surface area contributed by atoms with Crippen LogP contribution in [-0.4, -0.2) is 33.2 Å². The number of imidazole rings is 1. The van der Waals surface area contributed by atoms with E-state index in [9.17, 15) is 0 Å². The fraction of sp³-hybridized carbons (Fsp3) is 0.500. The molecular formula is C10H13N5O. The monoisotopic (exact) mass is 219 g/mol. The molecule has 3 heterocycles. The first kappa shape index (κ1) is 9.53. The fourth-order valence-corrected chi connectivity index (χ4v) is 1.95. The van der Waals surface area contributed by atoms with Crippen molar-refractivity contribution in [1.82, 2.24) is 25.4 Å². The van der Waals surface area contributed by atoms with Crippen LogP contribution in [0.15, 0.2) is 16.9 Å². The van der Waals surface area contributed by atoms with Crippen LogP contribution >= 0.6 is 0 Å². The summed E-state index contributed by atoms with van der Waals surface area (Å²) in [7, 11) is 0. The molecule has 6 nitrogen and oxygen atoms in total. The predicted molar refractivity (Wildman–Crippen MR) is 56.7 cm³/mol. The molecule has 1 aliphatic heterocycles. The summed E-state index contributed by atoms with van der Waals surface area (Å²) >= 11 is 0. The summed E-state index contributed by atoms with van der Waals surface area (Å²) in [6.45, 7) is 4.01. The van der Waals surface area contributed by atoms with Crippen LogP contribution in [-0.2, 0) is 5.41 Å². The van der Waals surface area contributed by atoms with Crippen molar-refractivity contribution in [3.63, 3.8) is 0 Å². The van der Waals surface area contributed by atoms with Crippen molar-refractivity contribution in [2.45, 2.75) is 18.8 Å². The maximum atomic E-state index is 5.31. The molecule has 0 radical (unpaired) electrons. The minimum atomic E-state index is -0.0438. The van der Waals surface area contributed by atoms with E-state index in [2.05, 4.69) is 32.3 Å². The van der Waals surface area contributed by atoms with E-state index in [1.54, 1.807) is 12.4 Å². The highest BCUT2D eigenvalue weighted by Crippen LogP contribution is 2.29. The van der Waals surface area contributed by atoms with Gasteiger partial charge in [-0.2, -0.15) is 4.98 Å². The first-order valence-electron chi connectivity index (χ1n) is 5.33. The quantitative estimate of drug-likeness (QED) is 0.777. The van der Waals surface area contributed by atoms with E-state index in [0.717, 1.165) is 19.5 Å². The molecule has 1 atom stereocenters. The Hall–Kier alpha value is -1.69. The molecule has 0 spiro atoms. The molecule has 1 unspecified atom stereocenters. The van der Waals surface area contributed by atoms with Gasteiger partial charge in [0.05, 0.1) is 5.41 Å². The lowest BCUT2D eigenvalue weighted by atomic mass is 9.90. The number of nitrogens with one attached hydrogen (secondary N) is 2. The molecule has 2 N–H and O–H groups in total.